The van der Waals surface area contributed by atoms with E-state index < -0.39 is 10.4 Å². The first-order chi connectivity index (χ1) is 25.6. The number of hydrogen-bond donors (Lipinski definition) is 0. The third kappa shape index (κ3) is 8.43. The van der Waals surface area contributed by atoms with E-state index >= 15 is 0 Å². The molecule has 0 amide bonds. The zero-order chi connectivity index (χ0) is 37.5. The summed E-state index contributed by atoms with van der Waals surface area (Å²) in [6, 6.07) is 31.5. The number of anilines is 2. The van der Waals surface area contributed by atoms with Crippen LogP contribution >= 0.6 is 0 Å². The first-order valence-electron chi connectivity index (χ1n) is 17.5. The first-order valence-corrected chi connectivity index (χ1v) is 18.9. The normalized spacial score (nSPS) is 12.2. The van der Waals surface area contributed by atoms with Gasteiger partial charge in [0.25, 0.3) is 0 Å². The quantitative estimate of drug-likeness (QED) is 0.0797. The highest BCUT2D eigenvalue weighted by Gasteiger charge is 2.20. The minimum atomic E-state index is -4.18. The molecule has 0 bridgehead atoms. The van der Waals surface area contributed by atoms with Gasteiger partial charge in [0.15, 0.2) is 0 Å². The fourth-order valence-electron chi connectivity index (χ4n) is 6.35. The van der Waals surface area contributed by atoms with Gasteiger partial charge in [0, 0.05) is 47.8 Å². The smallest absolute Gasteiger partial charge is 0.369 e. The van der Waals surface area contributed by atoms with Crippen LogP contribution in [0.15, 0.2) is 118 Å². The van der Waals surface area contributed by atoms with E-state index in [1.807, 2.05) is 167 Å². The van der Waals surface area contributed by atoms with E-state index in [1.54, 1.807) is 0 Å². The van der Waals surface area contributed by atoms with Crippen molar-refractivity contribution in [3.8, 4) is 0 Å². The van der Waals surface area contributed by atoms with Gasteiger partial charge in [0.1, 0.15) is 33.4 Å². The van der Waals surface area contributed by atoms with Crippen LogP contribution in [0.2, 0.25) is 0 Å². The monoisotopic (exact) mass is 738 g/mol. The van der Waals surface area contributed by atoms with Crippen LogP contribution in [0, 0.1) is 0 Å². The van der Waals surface area contributed by atoms with Crippen molar-refractivity contribution >= 4 is 67.1 Å². The molecule has 0 aliphatic rings. The molecule has 6 aromatic rings. The number of hydrogen-bond acceptors (Lipinski definition) is 10. The predicted molar refractivity (Wildman–Crippen MR) is 206 cm³/mol. The largest absolute Gasteiger partial charge is 0.422 e. The van der Waals surface area contributed by atoms with Crippen molar-refractivity contribution in [2.75, 3.05) is 49.2 Å². The molecule has 0 fully saturated rings. The second-order valence-electron chi connectivity index (χ2n) is 12.5. The highest BCUT2D eigenvalue weighted by atomic mass is 32.3. The number of imidazole rings is 2. The lowest BCUT2D eigenvalue weighted by Gasteiger charge is -2.23. The lowest BCUT2D eigenvalue weighted by atomic mass is 10.2. The second-order valence-corrected chi connectivity index (χ2v) is 13.7. The number of fused-ring (bicyclic) bond motifs is 2. The molecule has 0 unspecified atom stereocenters. The molecule has 53 heavy (non-hydrogen) atoms. The zero-order valence-electron chi connectivity index (χ0n) is 31.0. The Hall–Kier alpha value is -5.51. The van der Waals surface area contributed by atoms with E-state index in [9.17, 15) is 8.42 Å². The van der Waals surface area contributed by atoms with Crippen LogP contribution in [0.3, 0.4) is 0 Å². The highest BCUT2D eigenvalue weighted by Crippen LogP contribution is 2.25. The van der Waals surface area contributed by atoms with E-state index in [2.05, 4.69) is 20.5 Å². The number of para-hydroxylation sites is 4. The van der Waals surface area contributed by atoms with Crippen LogP contribution in [0.4, 0.5) is 34.6 Å². The Balaban J connectivity index is 0.968. The van der Waals surface area contributed by atoms with E-state index in [4.69, 9.17) is 8.37 Å². The molecule has 2 aromatic heterocycles. The van der Waals surface area contributed by atoms with Gasteiger partial charge in [-0.2, -0.15) is 8.42 Å². The Bertz CT molecular complexity index is 2110. The molecule has 0 saturated heterocycles. The molecule has 0 saturated carbocycles. The van der Waals surface area contributed by atoms with Gasteiger partial charge in [-0.1, -0.05) is 34.5 Å². The third-order valence-electron chi connectivity index (χ3n) is 9.29. The SMILES string of the molecule is CCN(CCOS(=O)(=O)OCCN(CC)c1ccc(N=Nc2n(C)c3ccccc3[n+]2C)cc1)c1ccc(N=Nc2n(C)c3ccccc3[n+]2C)cc1. The maximum Gasteiger partial charge on any atom is 0.422 e. The summed E-state index contributed by atoms with van der Waals surface area (Å²) in [5, 5.41) is 17.9. The van der Waals surface area contributed by atoms with Gasteiger partial charge in [0.2, 0.25) is 0 Å². The maximum atomic E-state index is 12.6. The Labute approximate surface area is 310 Å². The zero-order valence-corrected chi connectivity index (χ0v) is 31.8. The van der Waals surface area contributed by atoms with Crippen molar-refractivity contribution in [3.05, 3.63) is 97.1 Å². The molecule has 14 nitrogen and oxygen atoms in total. The van der Waals surface area contributed by atoms with Gasteiger partial charge in [0.05, 0.1) is 41.4 Å². The summed E-state index contributed by atoms with van der Waals surface area (Å²) in [4.78, 5) is 4.04. The van der Waals surface area contributed by atoms with E-state index in [-0.39, 0.29) is 13.2 Å². The van der Waals surface area contributed by atoms with Crippen LogP contribution in [0.1, 0.15) is 13.8 Å². The summed E-state index contributed by atoms with van der Waals surface area (Å²) in [6.07, 6.45) is 0. The van der Waals surface area contributed by atoms with Crippen molar-refractivity contribution in [2.24, 2.45) is 48.6 Å². The topological polar surface area (TPSA) is 126 Å². The molecular formula is C38H46N10O4S+2. The number of nitrogens with zero attached hydrogens (tertiary/aromatic N) is 10. The van der Waals surface area contributed by atoms with E-state index in [0.717, 1.165) is 45.3 Å². The second kappa shape index (κ2) is 16.4. The van der Waals surface area contributed by atoms with Crippen molar-refractivity contribution in [3.63, 3.8) is 0 Å². The van der Waals surface area contributed by atoms with Crippen molar-refractivity contribution < 1.29 is 25.9 Å². The third-order valence-corrected chi connectivity index (χ3v) is 10.2. The molecule has 4 aromatic carbocycles. The van der Waals surface area contributed by atoms with Crippen LogP contribution in [-0.4, -0.2) is 56.9 Å². The number of rotatable bonds is 16. The summed E-state index contributed by atoms with van der Waals surface area (Å²) in [6.45, 7) is 5.91. The van der Waals surface area contributed by atoms with Gasteiger partial charge in [-0.05, 0) is 86.6 Å². The minimum Gasteiger partial charge on any atom is -0.369 e. The Morgan fingerprint density at radius 2 is 0.962 bits per heavy atom. The van der Waals surface area contributed by atoms with Gasteiger partial charge >= 0.3 is 22.3 Å². The lowest BCUT2D eigenvalue weighted by molar-refractivity contribution is -0.632. The number of likely N-dealkylation sites (N-methyl/N-ethyl adjacent to an activating group) is 2. The molecule has 2 heterocycles. The Kier molecular flexibility index (Phi) is 11.6. The summed E-state index contributed by atoms with van der Waals surface area (Å²) in [5.74, 6) is 1.46. The van der Waals surface area contributed by atoms with Gasteiger partial charge in [-0.15, -0.1) is 0 Å². The van der Waals surface area contributed by atoms with Gasteiger partial charge < -0.3 is 9.80 Å². The molecule has 0 atom stereocenters. The van der Waals surface area contributed by atoms with Crippen LogP contribution in [0.25, 0.3) is 22.1 Å². The standard InChI is InChI=1S/C38H46N10O4S/c1-7-47(31-21-17-29(18-22-31)39-41-37-43(3)33-13-9-10-14-34(33)44(37)4)25-27-51-53(49,50)52-28-26-48(8-2)32-23-19-30(20-24-32)40-42-38-45(5)35-15-11-12-16-36(35)46(38)6/h9-24H,7-8,25-28H2,1-6H3/q+2. The summed E-state index contributed by atoms with van der Waals surface area (Å²) < 4.78 is 43.6. The summed E-state index contributed by atoms with van der Waals surface area (Å²) >= 11 is 0. The fourth-order valence-corrected chi connectivity index (χ4v) is 6.98. The summed E-state index contributed by atoms with van der Waals surface area (Å²) in [7, 11) is 3.69. The number of aromatic nitrogens is 4. The first kappa shape index (κ1) is 37.3. The number of azo groups is 2. The molecule has 0 N–H and O–H groups in total. The van der Waals surface area contributed by atoms with E-state index in [0.29, 0.717) is 37.6 Å². The Morgan fingerprint density at radius 1 is 0.585 bits per heavy atom. The number of aryl methyl sites for hydroxylation is 4. The fraction of sp³-hybridized carbons (Fsp3) is 0.316. The van der Waals surface area contributed by atoms with Gasteiger partial charge in [-0.25, -0.2) is 26.6 Å². The number of benzene rings is 4. The Morgan fingerprint density at radius 3 is 1.32 bits per heavy atom. The molecule has 276 valence electrons. The predicted octanol–water partition coefficient (Wildman–Crippen LogP) is 6.78. The maximum absolute atomic E-state index is 12.6. The molecule has 0 aliphatic carbocycles. The van der Waals surface area contributed by atoms with Crippen molar-refractivity contribution in [2.45, 2.75) is 13.8 Å². The summed E-state index contributed by atoms with van der Waals surface area (Å²) in [5.41, 5.74) is 7.53. The molecule has 0 radical (unpaired) electrons. The van der Waals surface area contributed by atoms with Crippen LogP contribution in [-0.2, 0) is 47.0 Å². The van der Waals surface area contributed by atoms with E-state index in [1.165, 1.54) is 0 Å². The average molecular weight is 739 g/mol. The van der Waals surface area contributed by atoms with Crippen molar-refractivity contribution in [1.82, 2.24) is 9.13 Å². The van der Waals surface area contributed by atoms with Crippen LogP contribution < -0.4 is 18.9 Å². The highest BCUT2D eigenvalue weighted by molar-refractivity contribution is 7.81. The molecule has 0 spiro atoms. The molecular weight excluding hydrogens is 693 g/mol. The van der Waals surface area contributed by atoms with Gasteiger partial charge in [-0.3, -0.25) is 0 Å². The molecule has 6 rings (SSSR count). The average Bonchev–Trinajstić information content (AvgIpc) is 3.57. The van der Waals surface area contributed by atoms with Crippen molar-refractivity contribution in [1.29, 1.82) is 0 Å². The molecule has 0 aliphatic heterocycles. The van der Waals surface area contributed by atoms with Crippen LogP contribution in [0.5, 0.6) is 0 Å². The lowest BCUT2D eigenvalue weighted by Crippen LogP contribution is -2.30. The minimum absolute atomic E-state index is 0.0560. The molecule has 15 heteroatoms.